The van der Waals surface area contributed by atoms with Gasteiger partial charge in [-0.3, -0.25) is 4.72 Å². The van der Waals surface area contributed by atoms with Crippen LogP contribution in [0, 0.1) is 17.1 Å². The first-order valence-electron chi connectivity index (χ1n) is 4.90. The van der Waals surface area contributed by atoms with Crippen LogP contribution in [0.2, 0.25) is 4.34 Å². The van der Waals surface area contributed by atoms with E-state index in [0.717, 1.165) is 23.5 Å². The molecule has 0 atom stereocenters. The fourth-order valence-corrected chi connectivity index (χ4v) is 3.90. The number of hydrogen-bond donors (Lipinski definition) is 1. The Morgan fingerprint density at radius 2 is 2.05 bits per heavy atom. The highest BCUT2D eigenvalue weighted by Gasteiger charge is 2.18. The van der Waals surface area contributed by atoms with Gasteiger partial charge in [0.25, 0.3) is 10.0 Å². The van der Waals surface area contributed by atoms with E-state index in [0.29, 0.717) is 4.34 Å². The molecule has 8 heteroatoms. The van der Waals surface area contributed by atoms with Gasteiger partial charge in [0.2, 0.25) is 0 Å². The van der Waals surface area contributed by atoms with Gasteiger partial charge in [-0.25, -0.2) is 12.8 Å². The second-order valence-corrected chi connectivity index (χ2v) is 7.09. The normalized spacial score (nSPS) is 11.0. The van der Waals surface area contributed by atoms with Crippen molar-refractivity contribution in [2.24, 2.45) is 0 Å². The smallest absolute Gasteiger partial charge is 0.271 e. The lowest BCUT2D eigenvalue weighted by Gasteiger charge is -2.07. The number of halogens is 2. The van der Waals surface area contributed by atoms with Crippen LogP contribution in [0.25, 0.3) is 0 Å². The highest BCUT2D eigenvalue weighted by Crippen LogP contribution is 2.28. The molecular formula is C11H6ClFN2O2S2. The zero-order valence-corrected chi connectivity index (χ0v) is 11.6. The van der Waals surface area contributed by atoms with Crippen molar-refractivity contribution in [1.82, 2.24) is 0 Å². The van der Waals surface area contributed by atoms with E-state index in [1.54, 1.807) is 6.07 Å². The van der Waals surface area contributed by atoms with Crippen molar-refractivity contribution in [3.63, 3.8) is 0 Å². The average Bonchev–Trinajstić information content (AvgIpc) is 2.79. The second kappa shape index (κ2) is 5.17. The summed E-state index contributed by atoms with van der Waals surface area (Å²) >= 11 is 6.56. The Kier molecular flexibility index (Phi) is 3.75. The van der Waals surface area contributed by atoms with Gasteiger partial charge in [-0.1, -0.05) is 11.6 Å². The summed E-state index contributed by atoms with van der Waals surface area (Å²) in [7, 11) is -3.83. The molecule has 2 rings (SSSR count). The molecular weight excluding hydrogens is 311 g/mol. The second-order valence-electron chi connectivity index (χ2n) is 3.47. The molecule has 0 unspecified atom stereocenters. The number of rotatable bonds is 3. The van der Waals surface area contributed by atoms with E-state index in [2.05, 4.69) is 4.72 Å². The molecule has 0 saturated carbocycles. The van der Waals surface area contributed by atoms with Crippen molar-refractivity contribution in [3.05, 3.63) is 46.0 Å². The van der Waals surface area contributed by atoms with Crippen LogP contribution in [0.3, 0.4) is 0 Å². The summed E-state index contributed by atoms with van der Waals surface area (Å²) in [6.45, 7) is 0. The number of thiophene rings is 1. The van der Waals surface area contributed by atoms with Crippen LogP contribution in [0.5, 0.6) is 0 Å². The van der Waals surface area contributed by atoms with Crippen LogP contribution >= 0.6 is 22.9 Å². The summed E-state index contributed by atoms with van der Waals surface area (Å²) in [4.78, 5) is 0. The minimum absolute atomic E-state index is 0.0192. The van der Waals surface area contributed by atoms with Crippen LogP contribution in [0.15, 0.2) is 34.5 Å². The fourth-order valence-electron chi connectivity index (χ4n) is 1.34. The van der Waals surface area contributed by atoms with E-state index in [9.17, 15) is 12.8 Å². The van der Waals surface area contributed by atoms with Crippen molar-refractivity contribution in [2.75, 3.05) is 4.72 Å². The fraction of sp³-hybridized carbons (Fsp3) is 0. The van der Waals surface area contributed by atoms with Crippen molar-refractivity contribution < 1.29 is 12.8 Å². The Morgan fingerprint density at radius 1 is 1.32 bits per heavy atom. The van der Waals surface area contributed by atoms with Gasteiger partial charge in [-0.2, -0.15) is 5.26 Å². The number of anilines is 1. The number of nitrogens with zero attached hydrogens (tertiary/aromatic N) is 1. The molecule has 1 N–H and O–H groups in total. The third kappa shape index (κ3) is 3.04. The third-order valence-corrected chi connectivity index (χ3v) is 5.25. The van der Waals surface area contributed by atoms with Gasteiger partial charge in [0, 0.05) is 0 Å². The molecule has 0 aliphatic carbocycles. The molecule has 19 heavy (non-hydrogen) atoms. The van der Waals surface area contributed by atoms with Gasteiger partial charge in [0.05, 0.1) is 15.6 Å². The Bertz CT molecular complexity index is 765. The average molecular weight is 317 g/mol. The summed E-state index contributed by atoms with van der Waals surface area (Å²) < 4.78 is 39.5. The van der Waals surface area contributed by atoms with Gasteiger partial charge >= 0.3 is 0 Å². The lowest BCUT2D eigenvalue weighted by atomic mass is 10.2. The Labute approximate surface area is 118 Å². The first kappa shape index (κ1) is 13.8. The van der Waals surface area contributed by atoms with Crippen LogP contribution in [-0.2, 0) is 10.0 Å². The first-order chi connectivity index (χ1) is 8.92. The molecule has 0 bridgehead atoms. The number of nitriles is 1. The molecule has 0 fully saturated rings. The maximum atomic E-state index is 12.9. The largest absolute Gasteiger partial charge is 0.278 e. The monoisotopic (exact) mass is 316 g/mol. The summed E-state index contributed by atoms with van der Waals surface area (Å²) in [6, 6.07) is 7.76. The van der Waals surface area contributed by atoms with Gasteiger partial charge < -0.3 is 0 Å². The molecule has 0 aliphatic heterocycles. The van der Waals surface area contributed by atoms with E-state index in [1.165, 1.54) is 18.2 Å². The van der Waals surface area contributed by atoms with E-state index in [-0.39, 0.29) is 15.5 Å². The number of nitrogens with one attached hydrogen (secondary N) is 1. The van der Waals surface area contributed by atoms with Crippen molar-refractivity contribution in [3.8, 4) is 6.07 Å². The van der Waals surface area contributed by atoms with Crippen LogP contribution in [0.1, 0.15) is 5.56 Å². The van der Waals surface area contributed by atoms with E-state index in [1.807, 2.05) is 0 Å². The Hall–Kier alpha value is -1.62. The zero-order chi connectivity index (χ0) is 14.0. The molecule has 0 spiro atoms. The molecule has 0 saturated heterocycles. The minimum atomic E-state index is -3.83. The van der Waals surface area contributed by atoms with E-state index >= 15 is 0 Å². The molecule has 4 nitrogen and oxygen atoms in total. The maximum absolute atomic E-state index is 12.9. The molecule has 0 radical (unpaired) electrons. The summed E-state index contributed by atoms with van der Waals surface area (Å²) in [5.74, 6) is -0.612. The predicted octanol–water partition coefficient (Wildman–Crippen LogP) is 3.21. The quantitative estimate of drug-likeness (QED) is 0.945. The van der Waals surface area contributed by atoms with Crippen LogP contribution in [-0.4, -0.2) is 8.42 Å². The SMILES string of the molecule is N#Cc1cc(F)ccc1NS(=O)(=O)c1ccc(Cl)s1. The molecule has 1 aromatic carbocycles. The molecule has 1 heterocycles. The third-order valence-electron chi connectivity index (χ3n) is 2.16. The van der Waals surface area contributed by atoms with Crippen molar-refractivity contribution in [2.45, 2.75) is 4.21 Å². The lowest BCUT2D eigenvalue weighted by molar-refractivity contribution is 0.603. The number of sulfonamides is 1. The standard InChI is InChI=1S/C11H6ClFN2O2S2/c12-10-3-4-11(18-10)19(16,17)15-9-2-1-8(13)5-7(9)6-14/h1-5,15H. The first-order valence-corrected chi connectivity index (χ1v) is 7.58. The molecule has 0 aliphatic rings. The summed E-state index contributed by atoms with van der Waals surface area (Å²) in [6.07, 6.45) is 0. The van der Waals surface area contributed by atoms with Gasteiger partial charge in [0.1, 0.15) is 16.1 Å². The van der Waals surface area contributed by atoms with Crippen LogP contribution in [0.4, 0.5) is 10.1 Å². The van der Waals surface area contributed by atoms with Gasteiger partial charge in [-0.15, -0.1) is 11.3 Å². The number of benzene rings is 1. The van der Waals surface area contributed by atoms with Gasteiger partial charge in [-0.05, 0) is 30.3 Å². The maximum Gasteiger partial charge on any atom is 0.271 e. The molecule has 0 amide bonds. The van der Waals surface area contributed by atoms with E-state index in [4.69, 9.17) is 16.9 Å². The summed E-state index contributed by atoms with van der Waals surface area (Å²) in [5.41, 5.74) is -0.0698. The van der Waals surface area contributed by atoms with Crippen LogP contribution < -0.4 is 4.72 Å². The number of hydrogen-bond acceptors (Lipinski definition) is 4. The molecule has 1 aromatic heterocycles. The predicted molar refractivity (Wildman–Crippen MR) is 71.3 cm³/mol. The van der Waals surface area contributed by atoms with E-state index < -0.39 is 15.8 Å². The highest BCUT2D eigenvalue weighted by molar-refractivity contribution is 7.94. The zero-order valence-electron chi connectivity index (χ0n) is 9.22. The molecule has 2 aromatic rings. The van der Waals surface area contributed by atoms with Crippen molar-refractivity contribution >= 4 is 38.6 Å². The van der Waals surface area contributed by atoms with Crippen molar-refractivity contribution in [1.29, 1.82) is 5.26 Å². The topological polar surface area (TPSA) is 70.0 Å². The Balaban J connectivity index is 2.39. The molecule has 98 valence electrons. The lowest BCUT2D eigenvalue weighted by Crippen LogP contribution is -2.12. The van der Waals surface area contributed by atoms with Gasteiger partial charge in [0.15, 0.2) is 0 Å². The minimum Gasteiger partial charge on any atom is -0.278 e. The highest BCUT2D eigenvalue weighted by atomic mass is 35.5. The Morgan fingerprint density at radius 3 is 2.63 bits per heavy atom. The summed E-state index contributed by atoms with van der Waals surface area (Å²) in [5, 5.41) is 8.84.